The van der Waals surface area contributed by atoms with Gasteiger partial charge in [0.05, 0.1) is 32.0 Å². The summed E-state index contributed by atoms with van der Waals surface area (Å²) in [5.74, 6) is -0.212. The number of carbonyl (C=O) groups is 1. The van der Waals surface area contributed by atoms with E-state index in [-0.39, 0.29) is 12.5 Å². The molecular weight excluding hydrogens is 991 g/mol. The van der Waals surface area contributed by atoms with E-state index in [4.69, 9.17) is 18.9 Å². The molecule has 464 valence electrons. The van der Waals surface area contributed by atoms with Crippen LogP contribution in [0.25, 0.3) is 0 Å². The number of nitrogens with one attached hydrogen (secondary N) is 1. The first-order chi connectivity index (χ1) is 38.1. The van der Waals surface area contributed by atoms with Crippen molar-refractivity contribution in [3.8, 4) is 0 Å². The number of hydrogen-bond donors (Lipinski definition) is 9. The van der Waals surface area contributed by atoms with Gasteiger partial charge in [-0.2, -0.15) is 0 Å². The van der Waals surface area contributed by atoms with Crippen LogP contribution in [0.15, 0.2) is 0 Å². The van der Waals surface area contributed by atoms with Gasteiger partial charge < -0.3 is 65.1 Å². The number of unbranched alkanes of at least 4 members (excludes halogenated alkanes) is 42. The Morgan fingerprint density at radius 2 is 0.731 bits per heavy atom. The Balaban J connectivity index is 1.39. The van der Waals surface area contributed by atoms with Crippen LogP contribution in [0, 0.1) is 0 Å². The highest BCUT2D eigenvalue weighted by Gasteiger charge is 2.51. The second kappa shape index (κ2) is 50.5. The monoisotopic (exact) mass is 1120 g/mol. The lowest BCUT2D eigenvalue weighted by molar-refractivity contribution is -0.359. The first-order valence-electron chi connectivity index (χ1n) is 33.3. The average Bonchev–Trinajstić information content (AvgIpc) is 3.44. The maximum Gasteiger partial charge on any atom is 0.220 e. The Labute approximate surface area is 476 Å². The standard InChI is InChI=1S/C64H125NO13/c1-3-5-7-8-9-10-11-12-13-14-15-16-17-18-19-20-21-22-23-24-25-26-27-28-29-30-31-32-33-34-35-36-37-38-39-40-41-42-43-44-46-48-56(69)65-52(53(68)47-45-6-4-2)51-75-63-61(74)59(72)62(55(50-67)77-63)78-64-60(73)58(71)57(70)54(49-66)76-64/h52-55,57-64,66-68,70-74H,3-51H2,1-2H3,(H,65,69). The van der Waals surface area contributed by atoms with Crippen LogP contribution < -0.4 is 5.32 Å². The summed E-state index contributed by atoms with van der Waals surface area (Å²) in [4.78, 5) is 13.1. The zero-order chi connectivity index (χ0) is 56.7. The Kier molecular flexibility index (Phi) is 47.3. The lowest BCUT2D eigenvalue weighted by Gasteiger charge is -2.46. The summed E-state index contributed by atoms with van der Waals surface area (Å²) in [6.07, 6.45) is 43.1. The van der Waals surface area contributed by atoms with Gasteiger partial charge in [-0.05, 0) is 12.8 Å². The molecule has 2 rings (SSSR count). The summed E-state index contributed by atoms with van der Waals surface area (Å²) in [5, 5.41) is 86.3. The highest BCUT2D eigenvalue weighted by atomic mass is 16.7. The van der Waals surface area contributed by atoms with Crippen molar-refractivity contribution >= 4 is 5.91 Å². The minimum absolute atomic E-state index is 0.212. The van der Waals surface area contributed by atoms with Gasteiger partial charge in [0.15, 0.2) is 12.6 Å². The van der Waals surface area contributed by atoms with Crippen molar-refractivity contribution in [2.75, 3.05) is 19.8 Å². The topological polar surface area (TPSA) is 228 Å². The fourth-order valence-electron chi connectivity index (χ4n) is 11.5. The smallest absolute Gasteiger partial charge is 0.220 e. The van der Waals surface area contributed by atoms with Crippen LogP contribution in [-0.4, -0.2) is 140 Å². The van der Waals surface area contributed by atoms with E-state index in [1.54, 1.807) is 0 Å². The second-order valence-corrected chi connectivity index (χ2v) is 24.0. The van der Waals surface area contributed by atoms with Crippen LogP contribution in [0.1, 0.15) is 309 Å². The van der Waals surface area contributed by atoms with E-state index in [0.29, 0.717) is 12.8 Å². The Morgan fingerprint density at radius 1 is 0.410 bits per heavy atom. The largest absolute Gasteiger partial charge is 0.394 e. The van der Waals surface area contributed by atoms with Crippen LogP contribution in [0.2, 0.25) is 0 Å². The molecule has 0 saturated carbocycles. The van der Waals surface area contributed by atoms with Gasteiger partial charge >= 0.3 is 0 Å². The lowest BCUT2D eigenvalue weighted by Crippen LogP contribution is -2.65. The Morgan fingerprint density at radius 3 is 1.09 bits per heavy atom. The Hall–Kier alpha value is -1.01. The third-order valence-corrected chi connectivity index (χ3v) is 16.8. The number of rotatable bonds is 55. The van der Waals surface area contributed by atoms with Gasteiger partial charge in [0.1, 0.15) is 48.8 Å². The lowest BCUT2D eigenvalue weighted by atomic mass is 9.97. The van der Waals surface area contributed by atoms with E-state index in [1.165, 1.54) is 238 Å². The molecule has 0 aromatic rings. The molecule has 0 spiro atoms. The molecule has 14 nitrogen and oxygen atoms in total. The molecule has 14 heteroatoms. The van der Waals surface area contributed by atoms with E-state index >= 15 is 0 Å². The van der Waals surface area contributed by atoms with Crippen LogP contribution in [0.4, 0.5) is 0 Å². The quantitative estimate of drug-likeness (QED) is 0.0259. The van der Waals surface area contributed by atoms with Gasteiger partial charge in [-0.1, -0.05) is 290 Å². The Bertz CT molecular complexity index is 1310. The van der Waals surface area contributed by atoms with Gasteiger partial charge in [-0.15, -0.1) is 0 Å². The number of ether oxygens (including phenoxy) is 4. The van der Waals surface area contributed by atoms with Crippen molar-refractivity contribution in [2.45, 2.75) is 383 Å². The molecule has 2 aliphatic heterocycles. The highest BCUT2D eigenvalue weighted by molar-refractivity contribution is 5.76. The van der Waals surface area contributed by atoms with Crippen LogP contribution in [0.3, 0.4) is 0 Å². The maximum atomic E-state index is 13.1. The van der Waals surface area contributed by atoms with E-state index in [9.17, 15) is 45.6 Å². The molecule has 12 unspecified atom stereocenters. The molecule has 2 aliphatic rings. The van der Waals surface area contributed by atoms with Crippen molar-refractivity contribution in [3.05, 3.63) is 0 Å². The average molecular weight is 1120 g/mol. The molecule has 2 fully saturated rings. The van der Waals surface area contributed by atoms with Crippen LogP contribution in [-0.2, 0) is 23.7 Å². The molecule has 0 aliphatic carbocycles. The fourth-order valence-corrected chi connectivity index (χ4v) is 11.5. The zero-order valence-corrected chi connectivity index (χ0v) is 50.2. The molecule has 1 amide bonds. The first-order valence-corrected chi connectivity index (χ1v) is 33.3. The summed E-state index contributed by atoms with van der Waals surface area (Å²) in [7, 11) is 0. The molecule has 0 bridgehead atoms. The number of carbonyl (C=O) groups excluding carboxylic acids is 1. The summed E-state index contributed by atoms with van der Waals surface area (Å²) in [6, 6.07) is -0.819. The van der Waals surface area contributed by atoms with Crippen LogP contribution >= 0.6 is 0 Å². The number of hydrogen-bond acceptors (Lipinski definition) is 13. The minimum Gasteiger partial charge on any atom is -0.394 e. The SMILES string of the molecule is CCCCCCCCCCCCCCCCCCCCCCCCCCCCCCCCCCCCCCCCCCCC(=O)NC(COC1OC(CO)C(OC2OC(CO)C(O)C(O)C2O)C(O)C1O)C(O)CCCCC. The summed E-state index contributed by atoms with van der Waals surface area (Å²) in [6.45, 7) is 2.71. The summed E-state index contributed by atoms with van der Waals surface area (Å²) >= 11 is 0. The molecule has 9 N–H and O–H groups in total. The summed E-state index contributed by atoms with van der Waals surface area (Å²) < 4.78 is 22.6. The molecule has 0 aromatic heterocycles. The van der Waals surface area contributed by atoms with Gasteiger partial charge in [0.25, 0.3) is 0 Å². The van der Waals surface area contributed by atoms with E-state index in [0.717, 1.165) is 44.9 Å². The third kappa shape index (κ3) is 35.2. The zero-order valence-electron chi connectivity index (χ0n) is 50.2. The second-order valence-electron chi connectivity index (χ2n) is 24.0. The fraction of sp³-hybridized carbons (Fsp3) is 0.984. The molecule has 2 saturated heterocycles. The van der Waals surface area contributed by atoms with E-state index < -0.39 is 86.8 Å². The van der Waals surface area contributed by atoms with E-state index in [2.05, 4.69) is 19.2 Å². The van der Waals surface area contributed by atoms with Gasteiger partial charge in [-0.25, -0.2) is 0 Å². The van der Waals surface area contributed by atoms with Gasteiger partial charge in [0, 0.05) is 6.42 Å². The minimum atomic E-state index is -1.78. The maximum absolute atomic E-state index is 13.1. The molecule has 12 atom stereocenters. The van der Waals surface area contributed by atoms with Gasteiger partial charge in [0.2, 0.25) is 5.91 Å². The predicted molar refractivity (Wildman–Crippen MR) is 314 cm³/mol. The molecular formula is C64H125NO13. The highest BCUT2D eigenvalue weighted by Crippen LogP contribution is 2.30. The molecule has 78 heavy (non-hydrogen) atoms. The van der Waals surface area contributed by atoms with Crippen molar-refractivity contribution in [2.24, 2.45) is 0 Å². The molecule has 0 aromatic carbocycles. The van der Waals surface area contributed by atoms with Crippen molar-refractivity contribution in [1.82, 2.24) is 5.32 Å². The summed E-state index contributed by atoms with van der Waals surface area (Å²) in [5.41, 5.74) is 0. The number of amides is 1. The van der Waals surface area contributed by atoms with Crippen LogP contribution in [0.5, 0.6) is 0 Å². The molecule has 0 radical (unpaired) electrons. The van der Waals surface area contributed by atoms with Gasteiger partial charge in [-0.3, -0.25) is 4.79 Å². The van der Waals surface area contributed by atoms with Crippen molar-refractivity contribution < 1.29 is 64.6 Å². The number of aliphatic hydroxyl groups excluding tert-OH is 8. The van der Waals surface area contributed by atoms with E-state index in [1.807, 2.05) is 0 Å². The van der Waals surface area contributed by atoms with Crippen molar-refractivity contribution in [1.29, 1.82) is 0 Å². The van der Waals surface area contributed by atoms with Crippen molar-refractivity contribution in [3.63, 3.8) is 0 Å². The number of aliphatic hydroxyl groups is 8. The molecule has 2 heterocycles. The first kappa shape index (κ1) is 73.1. The third-order valence-electron chi connectivity index (χ3n) is 16.8. The predicted octanol–water partition coefficient (Wildman–Crippen LogP) is 12.5. The normalized spacial score (nSPS) is 24.4.